The molecule has 0 aliphatic rings. The summed E-state index contributed by atoms with van der Waals surface area (Å²) in [4.78, 5) is 8.15. The molecular weight excluding hydrogens is 353 g/mol. The standard InChI is InChI=1S/C20H23Cl2N3/c1-24(2)9-10-25(13-15-3-5-17(21)6-4-15)14-19-12-16-11-18(22)7-8-20(16)23-19/h3-8,11-12,23H,9-10,13-14H2,1-2H3. The summed E-state index contributed by atoms with van der Waals surface area (Å²) in [6.07, 6.45) is 0. The van der Waals surface area contributed by atoms with Gasteiger partial charge in [-0.3, -0.25) is 4.90 Å². The number of rotatable bonds is 7. The third-order valence-corrected chi connectivity index (χ3v) is 4.70. The van der Waals surface area contributed by atoms with E-state index in [-0.39, 0.29) is 0 Å². The molecule has 1 aromatic heterocycles. The summed E-state index contributed by atoms with van der Waals surface area (Å²) in [5.41, 5.74) is 3.59. The molecule has 3 nitrogen and oxygen atoms in total. The SMILES string of the molecule is CN(C)CCN(Cc1ccc(Cl)cc1)Cc1cc2cc(Cl)ccc2[nH]1. The zero-order chi connectivity index (χ0) is 17.8. The number of halogens is 2. The minimum atomic E-state index is 0.767. The van der Waals surface area contributed by atoms with Gasteiger partial charge < -0.3 is 9.88 Å². The Morgan fingerprint density at radius 3 is 2.28 bits per heavy atom. The summed E-state index contributed by atoms with van der Waals surface area (Å²) >= 11 is 12.1. The van der Waals surface area contributed by atoms with Gasteiger partial charge in [0.2, 0.25) is 0 Å². The molecule has 2 aromatic carbocycles. The van der Waals surface area contributed by atoms with E-state index in [2.05, 4.69) is 47.1 Å². The summed E-state index contributed by atoms with van der Waals surface area (Å²) in [5.74, 6) is 0. The second kappa shape index (κ2) is 8.24. The van der Waals surface area contributed by atoms with Crippen LogP contribution in [-0.4, -0.2) is 42.0 Å². The van der Waals surface area contributed by atoms with E-state index in [4.69, 9.17) is 23.2 Å². The lowest BCUT2D eigenvalue weighted by atomic mass is 10.2. The zero-order valence-corrected chi connectivity index (χ0v) is 16.1. The van der Waals surface area contributed by atoms with Crippen LogP contribution >= 0.6 is 23.2 Å². The number of aromatic amines is 1. The average Bonchev–Trinajstić information content (AvgIpc) is 2.96. The predicted molar refractivity (Wildman–Crippen MR) is 107 cm³/mol. The number of hydrogen-bond donors (Lipinski definition) is 1. The van der Waals surface area contributed by atoms with Crippen LogP contribution in [0.1, 0.15) is 11.3 Å². The highest BCUT2D eigenvalue weighted by Gasteiger charge is 2.10. The van der Waals surface area contributed by atoms with Gasteiger partial charge in [0.05, 0.1) is 0 Å². The Morgan fingerprint density at radius 2 is 1.56 bits per heavy atom. The molecule has 0 saturated carbocycles. The highest BCUT2D eigenvalue weighted by Crippen LogP contribution is 2.21. The molecule has 0 aliphatic heterocycles. The van der Waals surface area contributed by atoms with Crippen LogP contribution in [0.3, 0.4) is 0 Å². The van der Waals surface area contributed by atoms with Crippen molar-refractivity contribution < 1.29 is 0 Å². The Morgan fingerprint density at radius 1 is 0.840 bits per heavy atom. The Hall–Kier alpha value is -1.52. The van der Waals surface area contributed by atoms with Crippen LogP contribution in [-0.2, 0) is 13.1 Å². The van der Waals surface area contributed by atoms with Gasteiger partial charge in [-0.05, 0) is 56.1 Å². The Kier molecular flexibility index (Phi) is 6.02. The third-order valence-electron chi connectivity index (χ3n) is 4.22. The molecule has 5 heteroatoms. The predicted octanol–water partition coefficient (Wildman–Crippen LogP) is 5.04. The molecule has 0 saturated heterocycles. The van der Waals surface area contributed by atoms with Gasteiger partial charge in [0.1, 0.15) is 0 Å². The van der Waals surface area contributed by atoms with Crippen LogP contribution in [0, 0.1) is 0 Å². The Labute approximate surface area is 159 Å². The molecule has 25 heavy (non-hydrogen) atoms. The number of fused-ring (bicyclic) bond motifs is 1. The monoisotopic (exact) mass is 375 g/mol. The van der Waals surface area contributed by atoms with Gasteiger partial charge in [-0.15, -0.1) is 0 Å². The molecule has 0 atom stereocenters. The van der Waals surface area contributed by atoms with E-state index in [1.807, 2.05) is 30.3 Å². The molecular formula is C20H23Cl2N3. The van der Waals surface area contributed by atoms with Gasteiger partial charge in [-0.25, -0.2) is 0 Å². The van der Waals surface area contributed by atoms with Gasteiger partial charge in [0.25, 0.3) is 0 Å². The van der Waals surface area contributed by atoms with Crippen molar-refractivity contribution in [3.63, 3.8) is 0 Å². The third kappa shape index (κ3) is 5.23. The van der Waals surface area contributed by atoms with Crippen molar-refractivity contribution in [3.8, 4) is 0 Å². The van der Waals surface area contributed by atoms with E-state index < -0.39 is 0 Å². The van der Waals surface area contributed by atoms with Crippen LogP contribution < -0.4 is 0 Å². The number of nitrogens with zero attached hydrogens (tertiary/aromatic N) is 2. The topological polar surface area (TPSA) is 22.3 Å². The maximum Gasteiger partial charge on any atom is 0.0457 e. The normalized spacial score (nSPS) is 11.8. The van der Waals surface area contributed by atoms with Crippen molar-refractivity contribution in [2.45, 2.75) is 13.1 Å². The summed E-state index contributed by atoms with van der Waals surface area (Å²) in [5, 5.41) is 2.70. The van der Waals surface area contributed by atoms with Crippen LogP contribution in [0.2, 0.25) is 10.0 Å². The average molecular weight is 376 g/mol. The number of aromatic nitrogens is 1. The van der Waals surface area contributed by atoms with Crippen molar-refractivity contribution in [1.82, 2.24) is 14.8 Å². The molecule has 0 amide bonds. The van der Waals surface area contributed by atoms with Gasteiger partial charge in [0, 0.05) is 52.8 Å². The molecule has 0 spiro atoms. The maximum atomic E-state index is 6.10. The quantitative estimate of drug-likeness (QED) is 0.624. The second-order valence-electron chi connectivity index (χ2n) is 6.67. The van der Waals surface area contributed by atoms with E-state index in [1.165, 1.54) is 11.3 Å². The lowest BCUT2D eigenvalue weighted by Crippen LogP contribution is -2.31. The number of H-pyrrole nitrogens is 1. The molecule has 0 fully saturated rings. The first-order valence-corrected chi connectivity index (χ1v) is 9.14. The van der Waals surface area contributed by atoms with Gasteiger partial charge >= 0.3 is 0 Å². The Bertz CT molecular complexity index is 825. The lowest BCUT2D eigenvalue weighted by Gasteiger charge is -2.23. The summed E-state index contributed by atoms with van der Waals surface area (Å²) in [7, 11) is 4.21. The molecule has 3 rings (SSSR count). The van der Waals surface area contributed by atoms with Crippen molar-refractivity contribution in [2.75, 3.05) is 27.2 Å². The largest absolute Gasteiger partial charge is 0.357 e. The summed E-state index contributed by atoms with van der Waals surface area (Å²) in [6.45, 7) is 3.76. The maximum absolute atomic E-state index is 6.10. The molecule has 0 unspecified atom stereocenters. The Balaban J connectivity index is 1.76. The number of hydrogen-bond acceptors (Lipinski definition) is 2. The minimum absolute atomic E-state index is 0.767. The van der Waals surface area contributed by atoms with E-state index in [0.29, 0.717) is 0 Å². The lowest BCUT2D eigenvalue weighted by molar-refractivity contribution is 0.224. The molecule has 1 N–H and O–H groups in total. The van der Waals surface area contributed by atoms with Gasteiger partial charge in [0.15, 0.2) is 0 Å². The first-order valence-electron chi connectivity index (χ1n) is 8.38. The van der Waals surface area contributed by atoms with Crippen LogP contribution in [0.5, 0.6) is 0 Å². The molecule has 1 heterocycles. The second-order valence-corrected chi connectivity index (χ2v) is 7.54. The van der Waals surface area contributed by atoms with Crippen LogP contribution in [0.4, 0.5) is 0 Å². The van der Waals surface area contributed by atoms with Crippen molar-refractivity contribution in [2.24, 2.45) is 0 Å². The van der Waals surface area contributed by atoms with E-state index >= 15 is 0 Å². The van der Waals surface area contributed by atoms with E-state index in [0.717, 1.165) is 47.1 Å². The zero-order valence-electron chi connectivity index (χ0n) is 14.6. The molecule has 0 bridgehead atoms. The van der Waals surface area contributed by atoms with Gasteiger partial charge in [-0.2, -0.15) is 0 Å². The van der Waals surface area contributed by atoms with Crippen molar-refractivity contribution in [1.29, 1.82) is 0 Å². The van der Waals surface area contributed by atoms with Crippen molar-refractivity contribution >= 4 is 34.1 Å². The highest BCUT2D eigenvalue weighted by molar-refractivity contribution is 6.31. The first-order chi connectivity index (χ1) is 12.0. The molecule has 3 aromatic rings. The number of benzene rings is 2. The smallest absolute Gasteiger partial charge is 0.0457 e. The van der Waals surface area contributed by atoms with Crippen LogP contribution in [0.25, 0.3) is 10.9 Å². The fourth-order valence-electron chi connectivity index (χ4n) is 2.89. The van der Waals surface area contributed by atoms with E-state index in [1.54, 1.807) is 0 Å². The highest BCUT2D eigenvalue weighted by atomic mass is 35.5. The van der Waals surface area contributed by atoms with E-state index in [9.17, 15) is 0 Å². The fourth-order valence-corrected chi connectivity index (χ4v) is 3.20. The van der Waals surface area contributed by atoms with Crippen molar-refractivity contribution in [3.05, 3.63) is 69.8 Å². The fraction of sp³-hybridized carbons (Fsp3) is 0.300. The summed E-state index contributed by atoms with van der Waals surface area (Å²) in [6, 6.07) is 16.2. The number of nitrogens with one attached hydrogen (secondary N) is 1. The minimum Gasteiger partial charge on any atom is -0.357 e. The first kappa shape index (κ1) is 18.3. The van der Waals surface area contributed by atoms with Crippen LogP contribution in [0.15, 0.2) is 48.5 Å². The molecule has 0 radical (unpaired) electrons. The molecule has 0 aliphatic carbocycles. The molecule has 132 valence electrons. The van der Waals surface area contributed by atoms with Gasteiger partial charge in [-0.1, -0.05) is 35.3 Å². The summed E-state index contributed by atoms with van der Waals surface area (Å²) < 4.78 is 0. The number of likely N-dealkylation sites (N-methyl/N-ethyl adjacent to an activating group) is 1.